The van der Waals surface area contributed by atoms with E-state index in [1.807, 2.05) is 0 Å². The van der Waals surface area contributed by atoms with E-state index in [4.69, 9.17) is 4.74 Å². The third kappa shape index (κ3) is 2.05. The van der Waals surface area contributed by atoms with Gasteiger partial charge in [-0.05, 0) is 12.1 Å². The average molecular weight is 255 g/mol. The van der Waals surface area contributed by atoms with Gasteiger partial charge in [-0.3, -0.25) is 0 Å². The van der Waals surface area contributed by atoms with Gasteiger partial charge in [-0.25, -0.2) is 0 Å². The Labute approximate surface area is 100.0 Å². The van der Waals surface area contributed by atoms with Gasteiger partial charge in [0.15, 0.2) is 0 Å². The third-order valence-corrected chi connectivity index (χ3v) is 3.65. The first-order chi connectivity index (χ1) is 7.94. The Morgan fingerprint density at radius 1 is 1.35 bits per heavy atom. The molecule has 1 heterocycles. The highest BCUT2D eigenvalue weighted by atomic mass is 32.2. The second-order valence-corrected chi connectivity index (χ2v) is 5.34. The van der Waals surface area contributed by atoms with Crippen LogP contribution in [0.2, 0.25) is 0 Å². The Morgan fingerprint density at radius 2 is 2.06 bits per heavy atom. The minimum absolute atomic E-state index is 0.127. The largest absolute Gasteiger partial charge is 0.497 e. The molecule has 0 spiro atoms. The Balaban J connectivity index is 2.57. The van der Waals surface area contributed by atoms with Gasteiger partial charge in [0.25, 0.3) is 10.0 Å². The van der Waals surface area contributed by atoms with E-state index in [-0.39, 0.29) is 4.90 Å². The van der Waals surface area contributed by atoms with Crippen molar-refractivity contribution in [2.24, 2.45) is 4.40 Å². The molecule has 6 nitrogen and oxygen atoms in total. The maximum Gasteiger partial charge on any atom is 0.287 e. The smallest absolute Gasteiger partial charge is 0.287 e. The maximum atomic E-state index is 11.9. The number of benzene rings is 1. The van der Waals surface area contributed by atoms with Crippen molar-refractivity contribution in [2.75, 3.05) is 26.5 Å². The van der Waals surface area contributed by atoms with E-state index in [1.165, 1.54) is 13.2 Å². The topological polar surface area (TPSA) is 71.0 Å². The number of nitrogens with zero attached hydrogens (tertiary/aromatic N) is 2. The van der Waals surface area contributed by atoms with Gasteiger partial charge in [-0.1, -0.05) is 0 Å². The van der Waals surface area contributed by atoms with Crippen LogP contribution in [0.5, 0.6) is 5.75 Å². The van der Waals surface area contributed by atoms with Gasteiger partial charge in [0, 0.05) is 20.2 Å². The number of methoxy groups -OCH3 is 1. The lowest BCUT2D eigenvalue weighted by atomic mass is 10.3. The summed E-state index contributed by atoms with van der Waals surface area (Å²) in [5.41, 5.74) is 0.504. The van der Waals surface area contributed by atoms with Crippen molar-refractivity contribution < 1.29 is 13.2 Å². The van der Waals surface area contributed by atoms with Crippen LogP contribution in [-0.4, -0.2) is 40.5 Å². The van der Waals surface area contributed by atoms with Gasteiger partial charge >= 0.3 is 0 Å². The van der Waals surface area contributed by atoms with Gasteiger partial charge < -0.3 is 15.0 Å². The van der Waals surface area contributed by atoms with E-state index in [1.54, 1.807) is 31.1 Å². The lowest BCUT2D eigenvalue weighted by Crippen LogP contribution is -2.33. The molecule has 7 heteroatoms. The highest BCUT2D eigenvalue weighted by molar-refractivity contribution is 7.90. The minimum atomic E-state index is -3.67. The van der Waals surface area contributed by atoms with Gasteiger partial charge in [0.2, 0.25) is 5.96 Å². The van der Waals surface area contributed by atoms with Gasteiger partial charge in [0.05, 0.1) is 12.8 Å². The van der Waals surface area contributed by atoms with E-state index in [0.717, 1.165) is 0 Å². The number of fused-ring (bicyclic) bond motifs is 1. The quantitative estimate of drug-likeness (QED) is 0.801. The maximum absolute atomic E-state index is 11.9. The van der Waals surface area contributed by atoms with Crippen LogP contribution in [0.4, 0.5) is 5.69 Å². The first-order valence-electron chi connectivity index (χ1n) is 4.91. The number of sulfonamides is 1. The number of anilines is 1. The molecule has 0 aromatic heterocycles. The van der Waals surface area contributed by atoms with E-state index in [0.29, 0.717) is 17.4 Å². The van der Waals surface area contributed by atoms with E-state index >= 15 is 0 Å². The average Bonchev–Trinajstić information content (AvgIpc) is 2.27. The zero-order valence-corrected chi connectivity index (χ0v) is 10.6. The molecular weight excluding hydrogens is 242 g/mol. The molecule has 0 radical (unpaired) electrons. The van der Waals surface area contributed by atoms with Crippen LogP contribution in [0.1, 0.15) is 0 Å². The van der Waals surface area contributed by atoms with E-state index in [9.17, 15) is 8.42 Å². The first-order valence-corrected chi connectivity index (χ1v) is 6.35. The lowest BCUT2D eigenvalue weighted by Gasteiger charge is -2.22. The van der Waals surface area contributed by atoms with Crippen molar-refractivity contribution in [2.45, 2.75) is 4.90 Å². The molecule has 1 aromatic carbocycles. The fourth-order valence-corrected chi connectivity index (χ4v) is 2.64. The SMILES string of the molecule is COc1ccc2c(c1)S(=O)(=O)N=C(N(C)C)N2. The summed E-state index contributed by atoms with van der Waals surface area (Å²) in [5, 5.41) is 2.94. The Bertz CT molecular complexity index is 578. The standard InChI is InChI=1S/C10H13N3O3S/c1-13(2)10-11-8-5-4-7(16-3)6-9(8)17(14,15)12-10/h4-6H,1-3H3,(H,11,12). The number of hydrogen-bond acceptors (Lipinski definition) is 5. The summed E-state index contributed by atoms with van der Waals surface area (Å²) in [4.78, 5) is 1.73. The molecule has 92 valence electrons. The Kier molecular flexibility index (Phi) is 2.70. The molecule has 1 N–H and O–H groups in total. The monoisotopic (exact) mass is 255 g/mol. The number of rotatable bonds is 1. The van der Waals surface area contributed by atoms with Gasteiger partial charge in [-0.2, -0.15) is 8.42 Å². The summed E-state index contributed by atoms with van der Waals surface area (Å²) < 4.78 is 32.6. The molecule has 0 amide bonds. The Hall–Kier alpha value is -1.76. The third-order valence-electron chi connectivity index (χ3n) is 2.34. The molecule has 0 saturated heterocycles. The summed E-state index contributed by atoms with van der Waals surface area (Å²) >= 11 is 0. The first kappa shape index (κ1) is 11.7. The fraction of sp³-hybridized carbons (Fsp3) is 0.300. The summed E-state index contributed by atoms with van der Waals surface area (Å²) in [6.45, 7) is 0. The summed E-state index contributed by atoms with van der Waals surface area (Å²) in [7, 11) is 1.26. The van der Waals surface area contributed by atoms with Crippen molar-refractivity contribution >= 4 is 21.7 Å². The molecule has 2 rings (SSSR count). The van der Waals surface area contributed by atoms with Gasteiger partial charge in [0.1, 0.15) is 10.6 Å². The number of guanidine groups is 1. The molecule has 1 aliphatic heterocycles. The molecule has 0 unspecified atom stereocenters. The van der Waals surface area contributed by atoms with Crippen LogP contribution in [0.25, 0.3) is 0 Å². The zero-order valence-electron chi connectivity index (χ0n) is 9.76. The number of ether oxygens (including phenoxy) is 1. The molecule has 0 atom stereocenters. The molecule has 1 aromatic rings. The molecule has 0 saturated carbocycles. The number of nitrogens with one attached hydrogen (secondary N) is 1. The molecule has 17 heavy (non-hydrogen) atoms. The molecule has 0 fully saturated rings. The summed E-state index contributed by atoms with van der Waals surface area (Å²) in [6.07, 6.45) is 0. The zero-order chi connectivity index (χ0) is 12.6. The van der Waals surface area contributed by atoms with Crippen LogP contribution in [0.15, 0.2) is 27.5 Å². The van der Waals surface area contributed by atoms with Crippen LogP contribution >= 0.6 is 0 Å². The lowest BCUT2D eigenvalue weighted by molar-refractivity contribution is 0.413. The highest BCUT2D eigenvalue weighted by Gasteiger charge is 2.26. The van der Waals surface area contributed by atoms with Crippen LogP contribution < -0.4 is 10.1 Å². The minimum Gasteiger partial charge on any atom is -0.497 e. The van der Waals surface area contributed by atoms with Crippen LogP contribution in [-0.2, 0) is 10.0 Å². The van der Waals surface area contributed by atoms with Gasteiger partial charge in [-0.15, -0.1) is 4.40 Å². The summed E-state index contributed by atoms with van der Waals surface area (Å²) in [5.74, 6) is 0.778. The summed E-state index contributed by atoms with van der Waals surface area (Å²) in [6, 6.07) is 4.80. The Morgan fingerprint density at radius 3 is 2.65 bits per heavy atom. The molecule has 0 aliphatic carbocycles. The number of hydrogen-bond donors (Lipinski definition) is 1. The fourth-order valence-electron chi connectivity index (χ4n) is 1.45. The van der Waals surface area contributed by atoms with Crippen LogP contribution in [0, 0.1) is 0 Å². The van der Waals surface area contributed by atoms with Crippen molar-refractivity contribution in [3.8, 4) is 5.75 Å². The van der Waals surface area contributed by atoms with E-state index < -0.39 is 10.0 Å². The molecule has 1 aliphatic rings. The second kappa shape index (κ2) is 3.92. The predicted molar refractivity (Wildman–Crippen MR) is 64.9 cm³/mol. The molecule has 0 bridgehead atoms. The van der Waals surface area contributed by atoms with Crippen molar-refractivity contribution in [3.05, 3.63) is 18.2 Å². The van der Waals surface area contributed by atoms with E-state index in [2.05, 4.69) is 9.71 Å². The van der Waals surface area contributed by atoms with Crippen molar-refractivity contribution in [3.63, 3.8) is 0 Å². The molecular formula is C10H13N3O3S. The van der Waals surface area contributed by atoms with Crippen molar-refractivity contribution in [1.82, 2.24) is 4.90 Å². The second-order valence-electron chi connectivity index (χ2n) is 3.77. The normalized spacial score (nSPS) is 16.5. The van der Waals surface area contributed by atoms with Crippen molar-refractivity contribution in [1.29, 1.82) is 0 Å². The van der Waals surface area contributed by atoms with Crippen LogP contribution in [0.3, 0.4) is 0 Å². The predicted octanol–water partition coefficient (Wildman–Crippen LogP) is 0.727. The highest BCUT2D eigenvalue weighted by Crippen LogP contribution is 2.30.